The van der Waals surface area contributed by atoms with E-state index < -0.39 is 4.92 Å². The summed E-state index contributed by atoms with van der Waals surface area (Å²) in [5.41, 5.74) is 1.45. The van der Waals surface area contributed by atoms with Crippen LogP contribution in [0.15, 0.2) is 42.5 Å². The SMILES string of the molecule is COc1ccc(C(Br)Cc2ccc([N+](=O)[O-])cc2)c(F)c1. The number of rotatable bonds is 5. The van der Waals surface area contributed by atoms with Crippen LogP contribution in [0.25, 0.3) is 0 Å². The van der Waals surface area contributed by atoms with E-state index in [2.05, 4.69) is 15.9 Å². The van der Waals surface area contributed by atoms with Crippen molar-refractivity contribution in [3.05, 3.63) is 69.5 Å². The highest BCUT2D eigenvalue weighted by molar-refractivity contribution is 9.09. The second-order valence-electron chi connectivity index (χ2n) is 4.48. The van der Waals surface area contributed by atoms with Crippen molar-refractivity contribution in [2.45, 2.75) is 11.2 Å². The topological polar surface area (TPSA) is 52.4 Å². The predicted molar refractivity (Wildman–Crippen MR) is 81.4 cm³/mol. The first kappa shape index (κ1) is 15.4. The summed E-state index contributed by atoms with van der Waals surface area (Å²) < 4.78 is 18.9. The standard InChI is InChI=1S/C15H13BrFNO3/c1-21-12-6-7-13(15(17)9-12)14(16)8-10-2-4-11(5-3-10)18(19)20/h2-7,9,14H,8H2,1H3. The van der Waals surface area contributed by atoms with Gasteiger partial charge in [-0.05, 0) is 18.1 Å². The van der Waals surface area contributed by atoms with Crippen LogP contribution >= 0.6 is 15.9 Å². The number of nitro benzene ring substituents is 1. The second-order valence-corrected chi connectivity index (χ2v) is 5.59. The summed E-state index contributed by atoms with van der Waals surface area (Å²) in [6.45, 7) is 0. The first-order valence-electron chi connectivity index (χ1n) is 6.22. The average Bonchev–Trinajstić information content (AvgIpc) is 2.47. The number of alkyl halides is 1. The van der Waals surface area contributed by atoms with Crippen molar-refractivity contribution in [1.29, 1.82) is 0 Å². The molecule has 0 heterocycles. The van der Waals surface area contributed by atoms with E-state index in [0.29, 0.717) is 17.7 Å². The molecule has 0 aliphatic heterocycles. The fraction of sp³-hybridized carbons (Fsp3) is 0.200. The minimum Gasteiger partial charge on any atom is -0.497 e. The fourth-order valence-electron chi connectivity index (χ4n) is 1.96. The van der Waals surface area contributed by atoms with Crippen molar-refractivity contribution >= 4 is 21.6 Å². The Morgan fingerprint density at radius 2 is 1.95 bits per heavy atom. The molecule has 21 heavy (non-hydrogen) atoms. The highest BCUT2D eigenvalue weighted by Gasteiger charge is 2.15. The normalized spacial score (nSPS) is 12.0. The Bertz CT molecular complexity index is 646. The molecule has 0 aromatic heterocycles. The first-order chi connectivity index (χ1) is 10.0. The molecule has 1 unspecified atom stereocenters. The molecule has 0 aliphatic carbocycles. The molecule has 0 fully saturated rings. The van der Waals surface area contributed by atoms with E-state index >= 15 is 0 Å². The van der Waals surface area contributed by atoms with Crippen LogP contribution in [0.3, 0.4) is 0 Å². The van der Waals surface area contributed by atoms with Crippen LogP contribution in [0.4, 0.5) is 10.1 Å². The second kappa shape index (κ2) is 6.67. The van der Waals surface area contributed by atoms with Gasteiger partial charge in [-0.1, -0.05) is 34.1 Å². The highest BCUT2D eigenvalue weighted by atomic mass is 79.9. The molecule has 2 aromatic rings. The van der Waals surface area contributed by atoms with Crippen LogP contribution in [0, 0.1) is 15.9 Å². The van der Waals surface area contributed by atoms with Crippen LogP contribution in [-0.4, -0.2) is 12.0 Å². The average molecular weight is 354 g/mol. The zero-order chi connectivity index (χ0) is 15.4. The molecule has 4 nitrogen and oxygen atoms in total. The van der Waals surface area contributed by atoms with Gasteiger partial charge >= 0.3 is 0 Å². The minimum atomic E-state index is -0.446. The Hall–Kier alpha value is -1.95. The van der Waals surface area contributed by atoms with Crippen LogP contribution in [0.1, 0.15) is 16.0 Å². The molecular weight excluding hydrogens is 341 g/mol. The molecule has 0 radical (unpaired) electrons. The molecule has 0 amide bonds. The van der Waals surface area contributed by atoms with Crippen molar-refractivity contribution in [3.8, 4) is 5.75 Å². The number of benzene rings is 2. The lowest BCUT2D eigenvalue weighted by Gasteiger charge is -2.12. The quantitative estimate of drug-likeness (QED) is 0.454. The van der Waals surface area contributed by atoms with Crippen LogP contribution in [0.2, 0.25) is 0 Å². The first-order valence-corrected chi connectivity index (χ1v) is 7.13. The van der Waals surface area contributed by atoms with E-state index in [0.717, 1.165) is 5.56 Å². The highest BCUT2D eigenvalue weighted by Crippen LogP contribution is 2.31. The van der Waals surface area contributed by atoms with Gasteiger partial charge in [-0.2, -0.15) is 0 Å². The summed E-state index contributed by atoms with van der Waals surface area (Å²) in [6.07, 6.45) is 0.529. The number of non-ortho nitro benzene ring substituents is 1. The lowest BCUT2D eigenvalue weighted by atomic mass is 10.0. The Morgan fingerprint density at radius 1 is 1.29 bits per heavy atom. The van der Waals surface area contributed by atoms with E-state index in [-0.39, 0.29) is 16.3 Å². The molecule has 0 N–H and O–H groups in total. The molecule has 110 valence electrons. The van der Waals surface area contributed by atoms with Gasteiger partial charge in [-0.15, -0.1) is 0 Å². The van der Waals surface area contributed by atoms with Gasteiger partial charge in [0.1, 0.15) is 11.6 Å². The number of ether oxygens (including phenoxy) is 1. The molecule has 0 saturated carbocycles. The van der Waals surface area contributed by atoms with E-state index in [4.69, 9.17) is 4.74 Å². The largest absolute Gasteiger partial charge is 0.497 e. The fourth-order valence-corrected chi connectivity index (χ4v) is 2.70. The summed E-state index contributed by atoms with van der Waals surface area (Å²) in [4.78, 5) is 9.93. The van der Waals surface area contributed by atoms with Crippen molar-refractivity contribution in [2.75, 3.05) is 7.11 Å². The van der Waals surface area contributed by atoms with Gasteiger partial charge in [0.2, 0.25) is 0 Å². The molecule has 0 aliphatic rings. The van der Waals surface area contributed by atoms with Gasteiger partial charge in [0.25, 0.3) is 5.69 Å². The Labute approximate surface area is 129 Å². The van der Waals surface area contributed by atoms with E-state index in [1.54, 1.807) is 24.3 Å². The van der Waals surface area contributed by atoms with Crippen molar-refractivity contribution in [3.63, 3.8) is 0 Å². The van der Waals surface area contributed by atoms with Crippen molar-refractivity contribution < 1.29 is 14.1 Å². The maximum atomic E-state index is 14.0. The number of nitrogens with zero attached hydrogens (tertiary/aromatic N) is 1. The van der Waals surface area contributed by atoms with Gasteiger partial charge in [0.15, 0.2) is 0 Å². The number of methoxy groups -OCH3 is 1. The zero-order valence-electron chi connectivity index (χ0n) is 11.3. The molecule has 0 saturated heterocycles. The molecule has 2 aromatic carbocycles. The number of nitro groups is 1. The minimum absolute atomic E-state index is 0.0421. The third-order valence-corrected chi connectivity index (χ3v) is 3.92. The third-order valence-electron chi connectivity index (χ3n) is 3.11. The molecule has 1 atom stereocenters. The van der Waals surface area contributed by atoms with Gasteiger partial charge in [0.05, 0.1) is 12.0 Å². The Balaban J connectivity index is 2.13. The molecule has 0 spiro atoms. The maximum absolute atomic E-state index is 14.0. The van der Waals surface area contributed by atoms with Gasteiger partial charge in [-0.25, -0.2) is 4.39 Å². The van der Waals surface area contributed by atoms with Gasteiger partial charge < -0.3 is 4.74 Å². The zero-order valence-corrected chi connectivity index (χ0v) is 12.8. The van der Waals surface area contributed by atoms with Crippen LogP contribution in [-0.2, 0) is 6.42 Å². The lowest BCUT2D eigenvalue weighted by molar-refractivity contribution is -0.384. The maximum Gasteiger partial charge on any atom is 0.269 e. The molecule has 6 heteroatoms. The lowest BCUT2D eigenvalue weighted by Crippen LogP contribution is -1.99. The monoisotopic (exact) mass is 353 g/mol. The Morgan fingerprint density at radius 3 is 2.48 bits per heavy atom. The van der Waals surface area contributed by atoms with Crippen LogP contribution < -0.4 is 4.74 Å². The van der Waals surface area contributed by atoms with Crippen molar-refractivity contribution in [2.24, 2.45) is 0 Å². The Kier molecular flexibility index (Phi) is 4.90. The number of hydrogen-bond donors (Lipinski definition) is 0. The van der Waals surface area contributed by atoms with Gasteiger partial charge in [0, 0.05) is 28.6 Å². The molecular formula is C15H13BrFNO3. The van der Waals surface area contributed by atoms with E-state index in [9.17, 15) is 14.5 Å². The summed E-state index contributed by atoms with van der Waals surface area (Å²) in [5, 5.41) is 10.6. The van der Waals surface area contributed by atoms with E-state index in [1.807, 2.05) is 0 Å². The summed E-state index contributed by atoms with van der Waals surface area (Å²) in [7, 11) is 1.48. The van der Waals surface area contributed by atoms with E-state index in [1.165, 1.54) is 25.3 Å². The number of halogens is 2. The summed E-state index contributed by atoms with van der Waals surface area (Å²) in [5.74, 6) is 0.115. The smallest absolute Gasteiger partial charge is 0.269 e. The van der Waals surface area contributed by atoms with Crippen LogP contribution in [0.5, 0.6) is 5.75 Å². The van der Waals surface area contributed by atoms with Gasteiger partial charge in [-0.3, -0.25) is 10.1 Å². The predicted octanol–water partition coefficient (Wildman–Crippen LogP) is 4.42. The summed E-state index contributed by atoms with van der Waals surface area (Å²) >= 11 is 3.45. The third kappa shape index (κ3) is 3.78. The van der Waals surface area contributed by atoms with Crippen molar-refractivity contribution in [1.82, 2.24) is 0 Å². The molecule has 0 bridgehead atoms. The summed E-state index contributed by atoms with van der Waals surface area (Å²) in [6, 6.07) is 10.9. The molecule has 2 rings (SSSR count). The number of hydrogen-bond acceptors (Lipinski definition) is 3.